The molecule has 0 fully saturated rings. The Hall–Kier alpha value is -2.67. The van der Waals surface area contributed by atoms with Gasteiger partial charge in [-0.3, -0.25) is 14.9 Å². The number of amides is 1. The van der Waals surface area contributed by atoms with Crippen molar-refractivity contribution in [1.29, 1.82) is 0 Å². The van der Waals surface area contributed by atoms with Crippen molar-refractivity contribution >= 4 is 23.4 Å². The molecule has 25 heavy (non-hydrogen) atoms. The molecule has 4 rings (SSSR count). The fourth-order valence-electron chi connectivity index (χ4n) is 3.09. The van der Waals surface area contributed by atoms with Crippen LogP contribution in [0.25, 0.3) is 11.4 Å². The van der Waals surface area contributed by atoms with Crippen molar-refractivity contribution in [2.45, 2.75) is 24.5 Å². The predicted molar refractivity (Wildman–Crippen MR) is 97.4 cm³/mol. The van der Waals surface area contributed by atoms with Crippen LogP contribution in [0, 0.1) is 0 Å². The second-order valence-electron chi connectivity index (χ2n) is 5.94. The number of aromatic amines is 1. The number of benzene rings is 1. The number of aromatic nitrogens is 4. The van der Waals surface area contributed by atoms with Crippen molar-refractivity contribution in [3.63, 3.8) is 0 Å². The Morgan fingerprint density at radius 3 is 2.92 bits per heavy atom. The van der Waals surface area contributed by atoms with Gasteiger partial charge in [-0.2, -0.15) is 0 Å². The number of hydrogen-bond donors (Lipinski definition) is 1. The zero-order chi connectivity index (χ0) is 17.2. The molecule has 0 radical (unpaired) electrons. The summed E-state index contributed by atoms with van der Waals surface area (Å²) >= 11 is 1.35. The van der Waals surface area contributed by atoms with E-state index in [1.54, 1.807) is 12.4 Å². The lowest BCUT2D eigenvalue weighted by molar-refractivity contribution is -0.116. The summed E-state index contributed by atoms with van der Waals surface area (Å²) in [5.74, 6) is 1.07. The van der Waals surface area contributed by atoms with Crippen molar-refractivity contribution < 1.29 is 4.79 Å². The van der Waals surface area contributed by atoms with Gasteiger partial charge in [0.2, 0.25) is 11.1 Å². The summed E-state index contributed by atoms with van der Waals surface area (Å²) in [6, 6.07) is 12.0. The van der Waals surface area contributed by atoms with Gasteiger partial charge < -0.3 is 4.90 Å². The van der Waals surface area contributed by atoms with Crippen LogP contribution in [0.3, 0.4) is 0 Å². The first kappa shape index (κ1) is 15.8. The number of H-pyrrole nitrogens is 1. The average Bonchev–Trinajstić information content (AvgIpc) is 3.24. The van der Waals surface area contributed by atoms with Crippen molar-refractivity contribution in [3.8, 4) is 11.4 Å². The predicted octanol–water partition coefficient (Wildman–Crippen LogP) is 2.94. The van der Waals surface area contributed by atoms with Crippen LogP contribution in [0.4, 0.5) is 5.69 Å². The van der Waals surface area contributed by atoms with E-state index in [0.29, 0.717) is 16.7 Å². The molecule has 0 spiro atoms. The summed E-state index contributed by atoms with van der Waals surface area (Å²) < 4.78 is 0. The first-order chi connectivity index (χ1) is 12.2. The van der Waals surface area contributed by atoms with E-state index < -0.39 is 0 Å². The van der Waals surface area contributed by atoms with Crippen molar-refractivity contribution in [2.24, 2.45) is 0 Å². The number of fused-ring (bicyclic) bond motifs is 1. The van der Waals surface area contributed by atoms with Gasteiger partial charge >= 0.3 is 0 Å². The number of carbonyl (C=O) groups is 1. The molecule has 7 heteroatoms. The number of carbonyl (C=O) groups excluding carboxylic acids is 1. The van der Waals surface area contributed by atoms with Crippen LogP contribution in [0.5, 0.6) is 0 Å². The molecule has 6 nitrogen and oxygen atoms in total. The zero-order valence-corrected chi connectivity index (χ0v) is 14.5. The van der Waals surface area contributed by atoms with Gasteiger partial charge in [0.25, 0.3) is 0 Å². The van der Waals surface area contributed by atoms with Gasteiger partial charge in [0.1, 0.15) is 0 Å². The maximum Gasteiger partial charge on any atom is 0.237 e. The van der Waals surface area contributed by atoms with E-state index in [-0.39, 0.29) is 11.9 Å². The Morgan fingerprint density at radius 2 is 2.08 bits per heavy atom. The fraction of sp³-hybridized carbons (Fsp3) is 0.222. The standard InChI is InChI=1S/C18H17N5OS/c1-12-10-14-4-2-3-5-15(14)23(12)16(24)11-25-18-20-17(21-22-18)13-6-8-19-9-7-13/h2-9,12H,10-11H2,1H3,(H,20,21,22). The molecular formula is C18H17N5OS. The first-order valence-corrected chi connectivity index (χ1v) is 9.06. The highest BCUT2D eigenvalue weighted by Crippen LogP contribution is 2.32. The molecule has 0 saturated heterocycles. The van der Waals surface area contributed by atoms with E-state index in [1.807, 2.05) is 35.2 Å². The second kappa shape index (κ2) is 6.68. The molecule has 1 aliphatic rings. The largest absolute Gasteiger partial charge is 0.308 e. The third-order valence-electron chi connectivity index (χ3n) is 4.22. The first-order valence-electron chi connectivity index (χ1n) is 8.08. The van der Waals surface area contributed by atoms with Gasteiger partial charge in [0.05, 0.1) is 5.75 Å². The Labute approximate surface area is 149 Å². The molecule has 0 aliphatic carbocycles. The fourth-order valence-corrected chi connectivity index (χ4v) is 3.75. The topological polar surface area (TPSA) is 74.8 Å². The zero-order valence-electron chi connectivity index (χ0n) is 13.7. The van der Waals surface area contributed by atoms with Gasteiger partial charge in [-0.25, -0.2) is 4.98 Å². The van der Waals surface area contributed by atoms with E-state index in [1.165, 1.54) is 17.3 Å². The maximum atomic E-state index is 12.7. The highest BCUT2D eigenvalue weighted by molar-refractivity contribution is 7.99. The molecular weight excluding hydrogens is 334 g/mol. The van der Waals surface area contributed by atoms with Crippen molar-refractivity contribution in [2.75, 3.05) is 10.7 Å². The second-order valence-corrected chi connectivity index (χ2v) is 6.88. The third kappa shape index (κ3) is 3.15. The highest BCUT2D eigenvalue weighted by atomic mass is 32.2. The molecule has 0 bridgehead atoms. The van der Waals surface area contributed by atoms with E-state index in [9.17, 15) is 4.79 Å². The smallest absolute Gasteiger partial charge is 0.237 e. The number of nitrogens with one attached hydrogen (secondary N) is 1. The van der Waals surface area contributed by atoms with Gasteiger partial charge in [0.15, 0.2) is 5.82 Å². The monoisotopic (exact) mass is 351 g/mol. The van der Waals surface area contributed by atoms with Crippen LogP contribution >= 0.6 is 11.8 Å². The minimum absolute atomic E-state index is 0.0812. The molecule has 1 N–H and O–H groups in total. The Morgan fingerprint density at radius 1 is 1.28 bits per heavy atom. The van der Waals surface area contributed by atoms with Crippen LogP contribution in [-0.2, 0) is 11.2 Å². The Kier molecular flexibility index (Phi) is 4.23. The molecule has 126 valence electrons. The summed E-state index contributed by atoms with van der Waals surface area (Å²) in [6.07, 6.45) is 4.32. The van der Waals surface area contributed by atoms with E-state index >= 15 is 0 Å². The molecule has 1 unspecified atom stereocenters. The molecule has 1 amide bonds. The van der Waals surface area contributed by atoms with Gasteiger partial charge in [0, 0.05) is 29.7 Å². The lowest BCUT2D eigenvalue weighted by Gasteiger charge is -2.22. The average molecular weight is 351 g/mol. The van der Waals surface area contributed by atoms with Crippen LogP contribution < -0.4 is 4.90 Å². The van der Waals surface area contributed by atoms with Crippen LogP contribution in [0.1, 0.15) is 12.5 Å². The van der Waals surface area contributed by atoms with E-state index in [2.05, 4.69) is 33.2 Å². The van der Waals surface area contributed by atoms with Gasteiger partial charge in [-0.15, -0.1) is 5.10 Å². The maximum absolute atomic E-state index is 12.7. The number of para-hydroxylation sites is 1. The molecule has 3 aromatic rings. The van der Waals surface area contributed by atoms with Crippen molar-refractivity contribution in [3.05, 3.63) is 54.4 Å². The number of thioether (sulfide) groups is 1. The molecule has 3 heterocycles. The Bertz CT molecular complexity index is 895. The number of rotatable bonds is 4. The van der Waals surface area contributed by atoms with Crippen LogP contribution in [-0.4, -0.2) is 37.9 Å². The minimum atomic E-state index is 0.0812. The minimum Gasteiger partial charge on any atom is -0.308 e. The summed E-state index contributed by atoms with van der Waals surface area (Å²) in [5.41, 5.74) is 3.17. The quantitative estimate of drug-likeness (QED) is 0.732. The summed E-state index contributed by atoms with van der Waals surface area (Å²) in [5, 5.41) is 7.67. The van der Waals surface area contributed by atoms with Crippen LogP contribution in [0.2, 0.25) is 0 Å². The van der Waals surface area contributed by atoms with E-state index in [4.69, 9.17) is 0 Å². The van der Waals surface area contributed by atoms with Crippen molar-refractivity contribution in [1.82, 2.24) is 20.2 Å². The lowest BCUT2D eigenvalue weighted by Crippen LogP contribution is -2.36. The molecule has 1 aliphatic heterocycles. The third-order valence-corrected chi connectivity index (χ3v) is 5.05. The molecule has 2 aromatic heterocycles. The number of nitrogens with zero attached hydrogens (tertiary/aromatic N) is 4. The summed E-state index contributed by atoms with van der Waals surface area (Å²) in [7, 11) is 0. The highest BCUT2D eigenvalue weighted by Gasteiger charge is 2.30. The number of hydrogen-bond acceptors (Lipinski definition) is 5. The normalized spacial score (nSPS) is 16.0. The van der Waals surface area contributed by atoms with Gasteiger partial charge in [-0.1, -0.05) is 30.0 Å². The Balaban J connectivity index is 1.44. The van der Waals surface area contributed by atoms with Crippen LogP contribution in [0.15, 0.2) is 53.9 Å². The summed E-state index contributed by atoms with van der Waals surface area (Å²) in [4.78, 5) is 23.0. The van der Waals surface area contributed by atoms with E-state index in [0.717, 1.165) is 17.7 Å². The number of pyridine rings is 1. The lowest BCUT2D eigenvalue weighted by atomic mass is 10.1. The molecule has 1 aromatic carbocycles. The summed E-state index contributed by atoms with van der Waals surface area (Å²) in [6.45, 7) is 2.08. The molecule has 0 saturated carbocycles. The van der Waals surface area contributed by atoms with Gasteiger partial charge in [-0.05, 0) is 37.1 Å². The number of anilines is 1. The molecule has 1 atom stereocenters. The SMILES string of the molecule is CC1Cc2ccccc2N1C(=O)CSc1n[nH]c(-c2ccncc2)n1.